The maximum absolute atomic E-state index is 11.9. The zero-order valence-electron chi connectivity index (χ0n) is 8.18. The first-order valence-electron chi connectivity index (χ1n) is 4.68. The molecule has 8 heteroatoms. The lowest BCUT2D eigenvalue weighted by molar-refractivity contribution is -0.137. The molecule has 0 aromatic carbocycles. The fourth-order valence-corrected chi connectivity index (χ4v) is 1.55. The van der Waals surface area contributed by atoms with Crippen molar-refractivity contribution < 1.29 is 14.7 Å². The zero-order valence-corrected chi connectivity index (χ0v) is 8.94. The lowest BCUT2D eigenvalue weighted by atomic mass is 10.3. The van der Waals surface area contributed by atoms with Gasteiger partial charge in [0.05, 0.1) is 0 Å². The van der Waals surface area contributed by atoms with E-state index in [0.29, 0.717) is 0 Å². The minimum absolute atomic E-state index is 0.0173. The molecule has 0 spiro atoms. The van der Waals surface area contributed by atoms with E-state index in [1.807, 2.05) is 0 Å². The lowest BCUT2D eigenvalue weighted by Crippen LogP contribution is -2.37. The summed E-state index contributed by atoms with van der Waals surface area (Å²) in [4.78, 5) is 23.8. The Hall–Kier alpha value is -1.63. The molecule has 0 saturated heterocycles. The first kappa shape index (κ1) is 10.9. The molecule has 1 aliphatic rings. The Morgan fingerprint density at radius 2 is 2.19 bits per heavy atom. The minimum atomic E-state index is -1.06. The van der Waals surface area contributed by atoms with Crippen LogP contribution in [-0.4, -0.2) is 49.9 Å². The van der Waals surface area contributed by atoms with Gasteiger partial charge in [-0.15, -0.1) is 10.2 Å². The number of hydrogen-bond donors (Lipinski definition) is 2. The normalized spacial score (nSPS) is 14.8. The first-order chi connectivity index (χ1) is 7.59. The molecule has 1 saturated carbocycles. The fraction of sp³-hybridized carbons (Fsp3) is 0.500. The maximum atomic E-state index is 11.9. The van der Waals surface area contributed by atoms with E-state index < -0.39 is 11.9 Å². The smallest absolute Gasteiger partial charge is 0.323 e. The van der Waals surface area contributed by atoms with Gasteiger partial charge in [-0.2, -0.15) is 5.21 Å². The van der Waals surface area contributed by atoms with Crippen molar-refractivity contribution in [2.75, 3.05) is 6.54 Å². The highest BCUT2D eigenvalue weighted by Crippen LogP contribution is 2.28. The van der Waals surface area contributed by atoms with E-state index in [0.717, 1.165) is 12.8 Å². The predicted octanol–water partition coefficient (Wildman–Crippen LogP) is 0.147. The van der Waals surface area contributed by atoms with E-state index >= 15 is 0 Å². The molecule has 86 valence electrons. The third-order valence-corrected chi connectivity index (χ3v) is 2.53. The molecule has 0 aliphatic heterocycles. The number of H-pyrrole nitrogens is 1. The van der Waals surface area contributed by atoms with Crippen molar-refractivity contribution in [2.45, 2.75) is 18.9 Å². The number of aromatic nitrogens is 3. The summed E-state index contributed by atoms with van der Waals surface area (Å²) in [5.74, 6) is -1.55. The summed E-state index contributed by atoms with van der Waals surface area (Å²) in [6.07, 6.45) is 1.63. The molecule has 1 amide bonds. The van der Waals surface area contributed by atoms with Gasteiger partial charge in [-0.3, -0.25) is 9.59 Å². The Kier molecular flexibility index (Phi) is 2.78. The van der Waals surface area contributed by atoms with Crippen LogP contribution in [0.15, 0.2) is 0 Å². The molecule has 2 N–H and O–H groups in total. The van der Waals surface area contributed by atoms with Gasteiger partial charge in [0.15, 0.2) is 10.8 Å². The number of halogens is 1. The van der Waals surface area contributed by atoms with Crippen LogP contribution >= 0.6 is 11.6 Å². The molecule has 0 unspecified atom stereocenters. The number of carbonyl (C=O) groups excluding carboxylic acids is 1. The van der Waals surface area contributed by atoms with E-state index in [1.165, 1.54) is 4.90 Å². The molecule has 7 nitrogen and oxygen atoms in total. The van der Waals surface area contributed by atoms with Crippen LogP contribution in [0, 0.1) is 0 Å². The number of rotatable bonds is 4. The summed E-state index contributed by atoms with van der Waals surface area (Å²) in [7, 11) is 0. The number of aliphatic carboxylic acids is 1. The van der Waals surface area contributed by atoms with Gasteiger partial charge in [-0.25, -0.2) is 0 Å². The Morgan fingerprint density at radius 3 is 2.62 bits per heavy atom. The van der Waals surface area contributed by atoms with Crippen molar-refractivity contribution in [3.63, 3.8) is 0 Å². The van der Waals surface area contributed by atoms with Crippen molar-refractivity contribution in [1.82, 2.24) is 20.3 Å². The van der Waals surface area contributed by atoms with Crippen LogP contribution in [-0.2, 0) is 4.79 Å². The van der Waals surface area contributed by atoms with Crippen molar-refractivity contribution in [3.8, 4) is 0 Å². The second-order valence-electron chi connectivity index (χ2n) is 3.52. The van der Waals surface area contributed by atoms with Gasteiger partial charge in [-0.05, 0) is 12.8 Å². The van der Waals surface area contributed by atoms with Gasteiger partial charge in [-0.1, -0.05) is 11.6 Å². The van der Waals surface area contributed by atoms with Crippen LogP contribution in [0.3, 0.4) is 0 Å². The average molecular weight is 245 g/mol. The summed E-state index contributed by atoms with van der Waals surface area (Å²) in [6.45, 7) is -0.341. The highest BCUT2D eigenvalue weighted by atomic mass is 35.5. The highest BCUT2D eigenvalue weighted by Gasteiger charge is 2.36. The summed E-state index contributed by atoms with van der Waals surface area (Å²) >= 11 is 5.64. The third-order valence-electron chi connectivity index (χ3n) is 2.26. The molecule has 0 atom stereocenters. The number of carbonyl (C=O) groups is 2. The van der Waals surface area contributed by atoms with Crippen molar-refractivity contribution in [2.24, 2.45) is 0 Å². The van der Waals surface area contributed by atoms with E-state index in [2.05, 4.69) is 15.4 Å². The molecule has 0 radical (unpaired) electrons. The number of aromatic amines is 1. The van der Waals surface area contributed by atoms with Crippen LogP contribution in [0.4, 0.5) is 0 Å². The largest absolute Gasteiger partial charge is 0.480 e. The van der Waals surface area contributed by atoms with Crippen LogP contribution in [0.2, 0.25) is 5.15 Å². The standard InChI is InChI=1S/C8H9ClN4O3/c9-7-6(10-12-11-7)8(16)13(3-5(14)15)4-1-2-4/h4H,1-3H2,(H,14,15)(H,10,11,12). The number of hydrogen-bond acceptors (Lipinski definition) is 4. The van der Waals surface area contributed by atoms with E-state index in [9.17, 15) is 9.59 Å². The summed E-state index contributed by atoms with van der Waals surface area (Å²) < 4.78 is 0. The number of carboxylic acids is 1. The van der Waals surface area contributed by atoms with Crippen LogP contribution < -0.4 is 0 Å². The Bertz CT molecular complexity index is 429. The number of carboxylic acid groups (broad SMARTS) is 1. The summed E-state index contributed by atoms with van der Waals surface area (Å²) in [5, 5.41) is 18.0. The highest BCUT2D eigenvalue weighted by molar-refractivity contribution is 6.32. The maximum Gasteiger partial charge on any atom is 0.323 e. The fourth-order valence-electron chi connectivity index (χ4n) is 1.39. The SMILES string of the molecule is O=C(O)CN(C(=O)c1n[nH]nc1Cl)C1CC1. The Morgan fingerprint density at radius 1 is 1.50 bits per heavy atom. The number of nitrogens with one attached hydrogen (secondary N) is 1. The van der Waals surface area contributed by atoms with Crippen molar-refractivity contribution in [3.05, 3.63) is 10.8 Å². The molecule has 1 aromatic rings. The summed E-state index contributed by atoms with van der Waals surface area (Å²) in [5.41, 5.74) is -0.0326. The second kappa shape index (κ2) is 4.09. The van der Waals surface area contributed by atoms with Gasteiger partial charge >= 0.3 is 5.97 Å². The molecule has 1 fully saturated rings. The van der Waals surface area contributed by atoms with Crippen LogP contribution in [0.5, 0.6) is 0 Å². The Balaban J connectivity index is 2.17. The molecule has 16 heavy (non-hydrogen) atoms. The van der Waals surface area contributed by atoms with Gasteiger partial charge < -0.3 is 10.0 Å². The van der Waals surface area contributed by atoms with Gasteiger partial charge in [0.25, 0.3) is 5.91 Å². The molecule has 0 bridgehead atoms. The molecular formula is C8H9ClN4O3. The minimum Gasteiger partial charge on any atom is -0.480 e. The molecule has 2 rings (SSSR count). The van der Waals surface area contributed by atoms with Crippen LogP contribution in [0.25, 0.3) is 0 Å². The third kappa shape index (κ3) is 2.13. The lowest BCUT2D eigenvalue weighted by Gasteiger charge is -2.18. The molecule has 1 aliphatic carbocycles. The summed E-state index contributed by atoms with van der Waals surface area (Å²) in [6, 6.07) is -0.0173. The van der Waals surface area contributed by atoms with E-state index in [4.69, 9.17) is 16.7 Å². The second-order valence-corrected chi connectivity index (χ2v) is 3.88. The molecule has 1 heterocycles. The van der Waals surface area contributed by atoms with Crippen molar-refractivity contribution in [1.29, 1.82) is 0 Å². The number of nitrogens with zero attached hydrogens (tertiary/aromatic N) is 3. The van der Waals surface area contributed by atoms with Gasteiger partial charge in [0.1, 0.15) is 6.54 Å². The van der Waals surface area contributed by atoms with Crippen LogP contribution in [0.1, 0.15) is 23.3 Å². The van der Waals surface area contributed by atoms with Gasteiger partial charge in [0.2, 0.25) is 0 Å². The van der Waals surface area contributed by atoms with E-state index in [1.54, 1.807) is 0 Å². The quantitative estimate of drug-likeness (QED) is 0.785. The molecule has 1 aromatic heterocycles. The van der Waals surface area contributed by atoms with E-state index in [-0.39, 0.29) is 23.4 Å². The monoisotopic (exact) mass is 244 g/mol. The van der Waals surface area contributed by atoms with Gasteiger partial charge in [0, 0.05) is 6.04 Å². The zero-order chi connectivity index (χ0) is 11.7. The topological polar surface area (TPSA) is 99.2 Å². The Labute approximate surface area is 95.4 Å². The van der Waals surface area contributed by atoms with Crippen molar-refractivity contribution >= 4 is 23.5 Å². The molecular weight excluding hydrogens is 236 g/mol. The average Bonchev–Trinajstić information content (AvgIpc) is 2.97. The first-order valence-corrected chi connectivity index (χ1v) is 5.06. The predicted molar refractivity (Wildman–Crippen MR) is 53.1 cm³/mol. The number of amides is 1.